The summed E-state index contributed by atoms with van der Waals surface area (Å²) < 4.78 is 6.25. The Bertz CT molecular complexity index is 1030. The molecule has 0 aliphatic carbocycles. The van der Waals surface area contributed by atoms with Crippen LogP contribution in [-0.4, -0.2) is 18.9 Å². The Hall–Kier alpha value is -3.38. The maximum atomic E-state index is 12.9. The maximum absolute atomic E-state index is 12.9. The Labute approximate surface area is 177 Å². The summed E-state index contributed by atoms with van der Waals surface area (Å²) in [4.78, 5) is 25.6. The third-order valence-corrected chi connectivity index (χ3v) is 4.60. The van der Waals surface area contributed by atoms with Crippen molar-refractivity contribution in [2.75, 3.05) is 12.4 Å². The predicted octanol–water partition coefficient (Wildman–Crippen LogP) is 4.87. The van der Waals surface area contributed by atoms with Gasteiger partial charge in [-0.05, 0) is 48.5 Å². The molecule has 29 heavy (non-hydrogen) atoms. The van der Waals surface area contributed by atoms with Crippen molar-refractivity contribution in [3.8, 4) is 5.75 Å². The molecule has 0 spiro atoms. The van der Waals surface area contributed by atoms with Crippen molar-refractivity contribution in [1.82, 2.24) is 5.32 Å². The average molecular weight is 451 g/mol. The Morgan fingerprint density at radius 2 is 1.55 bits per heavy atom. The number of nitrogens with one attached hydrogen (secondary N) is 2. The summed E-state index contributed by atoms with van der Waals surface area (Å²) in [5.41, 5.74) is 1.84. The fourth-order valence-electron chi connectivity index (χ4n) is 2.62. The molecule has 0 heterocycles. The van der Waals surface area contributed by atoms with Crippen LogP contribution < -0.4 is 15.4 Å². The van der Waals surface area contributed by atoms with Crippen LogP contribution in [0, 0.1) is 0 Å². The SMILES string of the molecule is COc1ccccc1/C=C(\NC(=O)c1ccccc1)C(=O)Nc1ccc(Br)cc1. The second-order valence-corrected chi connectivity index (χ2v) is 7.00. The molecule has 0 aromatic heterocycles. The maximum Gasteiger partial charge on any atom is 0.272 e. The number of ether oxygens (including phenoxy) is 1. The zero-order chi connectivity index (χ0) is 20.6. The van der Waals surface area contributed by atoms with Crippen molar-refractivity contribution >= 4 is 39.5 Å². The normalized spacial score (nSPS) is 10.9. The highest BCUT2D eigenvalue weighted by atomic mass is 79.9. The molecule has 0 aliphatic heterocycles. The summed E-state index contributed by atoms with van der Waals surface area (Å²) >= 11 is 3.36. The van der Waals surface area contributed by atoms with E-state index in [1.807, 2.05) is 30.3 Å². The summed E-state index contributed by atoms with van der Waals surface area (Å²) in [5, 5.41) is 5.51. The molecule has 0 bridgehead atoms. The van der Waals surface area contributed by atoms with Gasteiger partial charge in [0.15, 0.2) is 0 Å². The molecule has 2 amide bonds. The van der Waals surface area contributed by atoms with Gasteiger partial charge in [-0.25, -0.2) is 0 Å². The van der Waals surface area contributed by atoms with E-state index < -0.39 is 5.91 Å². The van der Waals surface area contributed by atoms with Gasteiger partial charge in [0.25, 0.3) is 11.8 Å². The second kappa shape index (κ2) is 9.71. The lowest BCUT2D eigenvalue weighted by Crippen LogP contribution is -2.30. The summed E-state index contributed by atoms with van der Waals surface area (Å²) in [6, 6.07) is 23.1. The van der Waals surface area contributed by atoms with E-state index in [0.717, 1.165) is 4.47 Å². The number of hydrogen-bond donors (Lipinski definition) is 2. The minimum absolute atomic E-state index is 0.103. The minimum atomic E-state index is -0.442. The summed E-state index contributed by atoms with van der Waals surface area (Å²) in [6.45, 7) is 0. The van der Waals surface area contributed by atoms with Crippen molar-refractivity contribution in [3.05, 3.63) is 100 Å². The molecular formula is C23H19BrN2O3. The molecule has 3 aromatic rings. The van der Waals surface area contributed by atoms with Gasteiger partial charge < -0.3 is 15.4 Å². The van der Waals surface area contributed by atoms with Crippen LogP contribution in [0.4, 0.5) is 5.69 Å². The summed E-state index contributed by atoms with van der Waals surface area (Å²) in [7, 11) is 1.55. The van der Waals surface area contributed by atoms with Gasteiger partial charge >= 0.3 is 0 Å². The van der Waals surface area contributed by atoms with Crippen LogP contribution in [0.3, 0.4) is 0 Å². The molecule has 2 N–H and O–H groups in total. The first-order valence-corrected chi connectivity index (χ1v) is 9.64. The van der Waals surface area contributed by atoms with E-state index in [2.05, 4.69) is 26.6 Å². The first-order valence-electron chi connectivity index (χ1n) is 8.85. The van der Waals surface area contributed by atoms with Gasteiger partial charge in [0.05, 0.1) is 7.11 Å². The lowest BCUT2D eigenvalue weighted by Gasteiger charge is -2.12. The molecule has 5 nitrogen and oxygen atoms in total. The monoisotopic (exact) mass is 450 g/mol. The Kier molecular flexibility index (Phi) is 6.81. The zero-order valence-electron chi connectivity index (χ0n) is 15.7. The highest BCUT2D eigenvalue weighted by Gasteiger charge is 2.16. The fraction of sp³-hybridized carbons (Fsp3) is 0.0435. The van der Waals surface area contributed by atoms with Crippen LogP contribution in [0.1, 0.15) is 15.9 Å². The minimum Gasteiger partial charge on any atom is -0.496 e. The van der Waals surface area contributed by atoms with Crippen LogP contribution in [-0.2, 0) is 4.79 Å². The van der Waals surface area contributed by atoms with Gasteiger partial charge in [-0.3, -0.25) is 9.59 Å². The standard InChI is InChI=1S/C23H19BrN2O3/c1-29-21-10-6-5-9-17(21)15-20(26-22(27)16-7-3-2-4-8-16)23(28)25-19-13-11-18(24)12-14-19/h2-15H,1H3,(H,25,28)(H,26,27)/b20-15-. The molecule has 3 aromatic carbocycles. The third kappa shape index (κ3) is 5.56. The topological polar surface area (TPSA) is 67.4 Å². The molecule has 3 rings (SSSR count). The van der Waals surface area contributed by atoms with Crippen molar-refractivity contribution in [2.45, 2.75) is 0 Å². The molecular weight excluding hydrogens is 432 g/mol. The van der Waals surface area contributed by atoms with Crippen LogP contribution in [0.15, 0.2) is 89.0 Å². The lowest BCUT2D eigenvalue weighted by molar-refractivity contribution is -0.113. The van der Waals surface area contributed by atoms with E-state index in [4.69, 9.17) is 4.74 Å². The average Bonchev–Trinajstić information content (AvgIpc) is 2.75. The third-order valence-electron chi connectivity index (χ3n) is 4.07. The number of benzene rings is 3. The number of carbonyl (C=O) groups is 2. The Balaban J connectivity index is 1.92. The van der Waals surface area contributed by atoms with Crippen LogP contribution in [0.25, 0.3) is 6.08 Å². The molecule has 0 atom stereocenters. The van der Waals surface area contributed by atoms with Gasteiger partial charge in [-0.1, -0.05) is 52.3 Å². The quantitative estimate of drug-likeness (QED) is 0.526. The van der Waals surface area contributed by atoms with Gasteiger partial charge in [-0.15, -0.1) is 0 Å². The van der Waals surface area contributed by atoms with Crippen LogP contribution in [0.5, 0.6) is 5.75 Å². The van der Waals surface area contributed by atoms with Crippen molar-refractivity contribution in [1.29, 1.82) is 0 Å². The number of anilines is 1. The number of carbonyl (C=O) groups excluding carboxylic acids is 2. The van der Waals surface area contributed by atoms with Crippen LogP contribution >= 0.6 is 15.9 Å². The van der Waals surface area contributed by atoms with E-state index in [9.17, 15) is 9.59 Å². The van der Waals surface area contributed by atoms with Gasteiger partial charge in [0.1, 0.15) is 11.4 Å². The molecule has 0 saturated heterocycles. The van der Waals surface area contributed by atoms with E-state index in [1.165, 1.54) is 0 Å². The van der Waals surface area contributed by atoms with Crippen molar-refractivity contribution in [2.24, 2.45) is 0 Å². The van der Waals surface area contributed by atoms with Crippen LogP contribution in [0.2, 0.25) is 0 Å². The van der Waals surface area contributed by atoms with Crippen molar-refractivity contribution < 1.29 is 14.3 Å². The van der Waals surface area contributed by atoms with E-state index in [0.29, 0.717) is 22.6 Å². The highest BCUT2D eigenvalue weighted by Crippen LogP contribution is 2.21. The number of hydrogen-bond acceptors (Lipinski definition) is 3. The van der Waals surface area contributed by atoms with E-state index in [-0.39, 0.29) is 11.6 Å². The molecule has 0 aliphatic rings. The number of halogens is 1. The summed E-state index contributed by atoms with van der Waals surface area (Å²) in [6.07, 6.45) is 1.59. The number of methoxy groups -OCH3 is 1. The van der Waals surface area contributed by atoms with Crippen molar-refractivity contribution in [3.63, 3.8) is 0 Å². The Morgan fingerprint density at radius 1 is 0.897 bits per heavy atom. The first-order chi connectivity index (χ1) is 14.1. The molecule has 146 valence electrons. The number of para-hydroxylation sites is 1. The second-order valence-electron chi connectivity index (χ2n) is 6.08. The fourth-order valence-corrected chi connectivity index (χ4v) is 2.88. The van der Waals surface area contributed by atoms with Gasteiger partial charge in [-0.2, -0.15) is 0 Å². The first kappa shape index (κ1) is 20.4. The molecule has 0 saturated carbocycles. The number of amides is 2. The van der Waals surface area contributed by atoms with Gasteiger partial charge in [0.2, 0.25) is 0 Å². The molecule has 0 radical (unpaired) electrons. The molecule has 0 fully saturated rings. The Morgan fingerprint density at radius 3 is 2.24 bits per heavy atom. The highest BCUT2D eigenvalue weighted by molar-refractivity contribution is 9.10. The number of rotatable bonds is 6. The zero-order valence-corrected chi connectivity index (χ0v) is 17.3. The lowest BCUT2D eigenvalue weighted by atomic mass is 10.1. The van der Waals surface area contributed by atoms with E-state index >= 15 is 0 Å². The van der Waals surface area contributed by atoms with Gasteiger partial charge in [0, 0.05) is 21.3 Å². The smallest absolute Gasteiger partial charge is 0.272 e. The largest absolute Gasteiger partial charge is 0.496 e. The predicted molar refractivity (Wildman–Crippen MR) is 118 cm³/mol. The molecule has 0 unspecified atom stereocenters. The summed E-state index contributed by atoms with van der Waals surface area (Å²) in [5.74, 6) is -0.226. The molecule has 6 heteroatoms. The van der Waals surface area contributed by atoms with E-state index in [1.54, 1.807) is 61.7 Å².